The maximum Gasteiger partial charge on any atom is 0.339 e. The molecule has 0 N–H and O–H groups in total. The molecule has 0 amide bonds. The van der Waals surface area contributed by atoms with E-state index in [1.165, 1.54) is 24.5 Å². The maximum absolute atomic E-state index is 13.8. The first-order valence-corrected chi connectivity index (χ1v) is 8.91. The Kier molecular flexibility index (Phi) is 5.58. The van der Waals surface area contributed by atoms with Gasteiger partial charge >= 0.3 is 5.97 Å². The minimum absolute atomic E-state index is 0.0953. The molecule has 0 spiro atoms. The van der Waals surface area contributed by atoms with E-state index in [1.54, 1.807) is 24.3 Å². The van der Waals surface area contributed by atoms with Crippen molar-refractivity contribution in [2.24, 2.45) is 0 Å². The van der Waals surface area contributed by atoms with Gasteiger partial charge in [-0.1, -0.05) is 48.5 Å². The van der Waals surface area contributed by atoms with E-state index in [0.29, 0.717) is 16.9 Å². The van der Waals surface area contributed by atoms with Gasteiger partial charge in [-0.25, -0.2) is 9.18 Å². The van der Waals surface area contributed by atoms with Crippen molar-refractivity contribution in [1.29, 1.82) is 0 Å². The molecule has 0 radical (unpaired) electrons. The molecule has 5 heteroatoms. The summed E-state index contributed by atoms with van der Waals surface area (Å²) in [5, 5.41) is 0. The van der Waals surface area contributed by atoms with Gasteiger partial charge in [-0.3, -0.25) is 4.79 Å². The lowest BCUT2D eigenvalue weighted by atomic mass is 10.0. The Hall–Kier alpha value is -2.79. The lowest BCUT2D eigenvalue weighted by Gasteiger charge is -2.03. The van der Waals surface area contributed by atoms with Crippen LogP contribution in [0.4, 0.5) is 4.39 Å². The highest BCUT2D eigenvalue weighted by atomic mass is 32.1. The summed E-state index contributed by atoms with van der Waals surface area (Å²) in [7, 11) is 1.28. The molecule has 3 nitrogen and oxygen atoms in total. The van der Waals surface area contributed by atoms with Crippen LogP contribution in [0.25, 0.3) is 0 Å². The number of carbonyl (C=O) groups excluding carboxylic acids is 2. The average molecular weight is 368 g/mol. The van der Waals surface area contributed by atoms with E-state index >= 15 is 0 Å². The van der Waals surface area contributed by atoms with Crippen LogP contribution in [-0.2, 0) is 17.6 Å². The Morgan fingerprint density at radius 1 is 1.04 bits per heavy atom. The summed E-state index contributed by atoms with van der Waals surface area (Å²) in [6.45, 7) is 0. The lowest BCUT2D eigenvalue weighted by molar-refractivity contribution is 0.0598. The third-order valence-electron chi connectivity index (χ3n) is 3.97. The fourth-order valence-electron chi connectivity index (χ4n) is 2.69. The van der Waals surface area contributed by atoms with Crippen molar-refractivity contribution in [3.8, 4) is 0 Å². The molecule has 3 rings (SSSR count). The van der Waals surface area contributed by atoms with Crippen LogP contribution in [0.1, 0.15) is 36.0 Å². The third kappa shape index (κ3) is 4.06. The molecule has 0 aliphatic rings. The van der Waals surface area contributed by atoms with Crippen molar-refractivity contribution < 1.29 is 18.7 Å². The second-order valence-corrected chi connectivity index (χ2v) is 6.94. The van der Waals surface area contributed by atoms with Crippen molar-refractivity contribution in [2.45, 2.75) is 12.8 Å². The molecule has 0 aliphatic heterocycles. The van der Waals surface area contributed by atoms with Crippen molar-refractivity contribution in [3.05, 3.63) is 92.9 Å². The molecule has 0 saturated carbocycles. The van der Waals surface area contributed by atoms with Gasteiger partial charge in [0.05, 0.1) is 17.6 Å². The summed E-state index contributed by atoms with van der Waals surface area (Å²) in [6.07, 6.45) is 0.518. The molecule has 0 aliphatic carbocycles. The number of benzene rings is 2. The van der Waals surface area contributed by atoms with Gasteiger partial charge in [0.1, 0.15) is 5.82 Å². The number of rotatable bonds is 6. The largest absolute Gasteiger partial charge is 0.465 e. The molecule has 0 atom stereocenters. The van der Waals surface area contributed by atoms with Crippen molar-refractivity contribution >= 4 is 23.1 Å². The van der Waals surface area contributed by atoms with E-state index in [-0.39, 0.29) is 17.8 Å². The Balaban J connectivity index is 1.90. The van der Waals surface area contributed by atoms with Crippen LogP contribution in [-0.4, -0.2) is 18.9 Å². The van der Waals surface area contributed by atoms with Crippen LogP contribution < -0.4 is 0 Å². The van der Waals surface area contributed by atoms with Crippen LogP contribution in [0.2, 0.25) is 0 Å². The molecule has 1 aromatic heterocycles. The number of esters is 1. The van der Waals surface area contributed by atoms with Gasteiger partial charge in [0.15, 0.2) is 5.78 Å². The minimum atomic E-state index is -0.558. The second-order valence-electron chi connectivity index (χ2n) is 5.80. The van der Waals surface area contributed by atoms with Gasteiger partial charge in [0, 0.05) is 17.7 Å². The summed E-state index contributed by atoms with van der Waals surface area (Å²) in [5.74, 6) is -1.28. The van der Waals surface area contributed by atoms with Crippen molar-refractivity contribution in [3.63, 3.8) is 0 Å². The number of Topliss-reactive ketones (excluding diaryl/α,β-unsaturated/α-hetero) is 1. The number of ketones is 1. The molecular weight excluding hydrogens is 351 g/mol. The van der Waals surface area contributed by atoms with Gasteiger partial charge in [0.2, 0.25) is 0 Å². The monoisotopic (exact) mass is 368 g/mol. The molecule has 0 saturated heterocycles. The number of methoxy groups -OCH3 is 1. The summed E-state index contributed by atoms with van der Waals surface area (Å²) < 4.78 is 18.6. The smallest absolute Gasteiger partial charge is 0.339 e. The summed E-state index contributed by atoms with van der Waals surface area (Å²) >= 11 is 1.26. The van der Waals surface area contributed by atoms with Crippen LogP contribution in [0.5, 0.6) is 0 Å². The number of halogens is 1. The highest BCUT2D eigenvalue weighted by Gasteiger charge is 2.23. The van der Waals surface area contributed by atoms with Crippen LogP contribution in [0.15, 0.2) is 60.7 Å². The number of carbonyl (C=O) groups is 2. The first-order chi connectivity index (χ1) is 12.6. The Morgan fingerprint density at radius 2 is 1.73 bits per heavy atom. The van der Waals surface area contributed by atoms with Gasteiger partial charge < -0.3 is 4.74 Å². The highest BCUT2D eigenvalue weighted by Crippen LogP contribution is 2.27. The molecular formula is C21H17FO3S. The molecule has 0 bridgehead atoms. The molecule has 1 heterocycles. The van der Waals surface area contributed by atoms with E-state index < -0.39 is 11.8 Å². The number of ether oxygens (including phenoxy) is 1. The van der Waals surface area contributed by atoms with E-state index in [9.17, 15) is 14.0 Å². The quantitative estimate of drug-likeness (QED) is 0.468. The zero-order chi connectivity index (χ0) is 18.5. The Morgan fingerprint density at radius 3 is 2.42 bits per heavy atom. The summed E-state index contributed by atoms with van der Waals surface area (Å²) in [6, 6.07) is 17.6. The van der Waals surface area contributed by atoms with Gasteiger partial charge in [-0.2, -0.15) is 0 Å². The van der Waals surface area contributed by atoms with E-state index in [0.717, 1.165) is 10.4 Å². The van der Waals surface area contributed by atoms with Gasteiger partial charge in [-0.15, -0.1) is 11.3 Å². The zero-order valence-corrected chi connectivity index (χ0v) is 15.0. The SMILES string of the molecule is COC(=O)c1cc(Cc2ccccc2)sc1C(=O)Cc1ccccc1F. The minimum Gasteiger partial charge on any atom is -0.465 e. The molecule has 26 heavy (non-hydrogen) atoms. The fourth-order valence-corrected chi connectivity index (χ4v) is 3.81. The van der Waals surface area contributed by atoms with Crippen LogP contribution in [0.3, 0.4) is 0 Å². The molecule has 2 aromatic carbocycles. The first kappa shape index (κ1) is 18.0. The van der Waals surface area contributed by atoms with E-state index in [1.807, 2.05) is 30.3 Å². The number of hydrogen-bond donors (Lipinski definition) is 0. The van der Waals surface area contributed by atoms with Crippen LogP contribution in [0, 0.1) is 5.82 Å². The van der Waals surface area contributed by atoms with Crippen molar-refractivity contribution in [1.82, 2.24) is 0 Å². The topological polar surface area (TPSA) is 43.4 Å². The first-order valence-electron chi connectivity index (χ1n) is 8.10. The Labute approximate surface area is 155 Å². The second kappa shape index (κ2) is 8.06. The van der Waals surface area contributed by atoms with E-state index in [4.69, 9.17) is 4.74 Å². The maximum atomic E-state index is 13.8. The van der Waals surface area contributed by atoms with E-state index in [2.05, 4.69) is 0 Å². The predicted molar refractivity (Wildman–Crippen MR) is 99.3 cm³/mol. The fraction of sp³-hybridized carbons (Fsp3) is 0.143. The van der Waals surface area contributed by atoms with Crippen LogP contribution >= 0.6 is 11.3 Å². The summed E-state index contributed by atoms with van der Waals surface area (Å²) in [5.41, 5.74) is 1.63. The lowest BCUT2D eigenvalue weighted by Crippen LogP contribution is -2.10. The molecule has 3 aromatic rings. The molecule has 0 unspecified atom stereocenters. The van der Waals surface area contributed by atoms with Gasteiger partial charge in [-0.05, 0) is 23.3 Å². The Bertz CT molecular complexity index is 931. The molecule has 0 fully saturated rings. The van der Waals surface area contributed by atoms with Crippen molar-refractivity contribution in [2.75, 3.05) is 7.11 Å². The normalized spacial score (nSPS) is 10.5. The zero-order valence-electron chi connectivity index (χ0n) is 14.2. The summed E-state index contributed by atoms with van der Waals surface area (Å²) in [4.78, 5) is 26.0. The standard InChI is InChI=1S/C21H17FO3S/c1-25-21(24)17-13-16(11-14-7-3-2-4-8-14)26-20(17)19(23)12-15-9-5-6-10-18(15)22/h2-10,13H,11-12H2,1H3. The van der Waals surface area contributed by atoms with Gasteiger partial charge in [0.25, 0.3) is 0 Å². The molecule has 132 valence electrons. The average Bonchev–Trinajstić information content (AvgIpc) is 3.07. The number of thiophene rings is 1. The third-order valence-corrected chi connectivity index (χ3v) is 5.15. The number of hydrogen-bond acceptors (Lipinski definition) is 4. The highest BCUT2D eigenvalue weighted by molar-refractivity contribution is 7.14. The predicted octanol–water partition coefficient (Wildman–Crippen LogP) is 4.69.